The lowest BCUT2D eigenvalue weighted by atomic mass is 10.2. The van der Waals surface area contributed by atoms with Gasteiger partial charge in [-0.2, -0.15) is 5.26 Å². The first-order chi connectivity index (χ1) is 9.47. The number of carbonyl (C=O) groups is 2. The summed E-state index contributed by atoms with van der Waals surface area (Å²) in [6.07, 6.45) is 1.41. The average molecular weight is 294 g/mol. The van der Waals surface area contributed by atoms with Gasteiger partial charge < -0.3 is 15.3 Å². The van der Waals surface area contributed by atoms with Crippen LogP contribution >= 0.6 is 11.6 Å². The number of anilines is 1. The summed E-state index contributed by atoms with van der Waals surface area (Å²) < 4.78 is 0. The van der Waals surface area contributed by atoms with E-state index in [0.717, 1.165) is 4.90 Å². The van der Waals surface area contributed by atoms with E-state index < -0.39 is 18.5 Å². The molecule has 1 aromatic rings. The lowest BCUT2D eigenvalue weighted by Crippen LogP contribution is -2.38. The Bertz CT molecular complexity index is 581. The van der Waals surface area contributed by atoms with Crippen LogP contribution in [0.3, 0.4) is 0 Å². The molecule has 2 amide bonds. The SMILES string of the molecule is C=CCN(CC(=O)O)C(=O)Nc1cc(C#N)ccc1Cl. The Morgan fingerprint density at radius 1 is 1.55 bits per heavy atom. The Kier molecular flexibility index (Phi) is 5.56. The van der Waals surface area contributed by atoms with E-state index >= 15 is 0 Å². The van der Waals surface area contributed by atoms with Crippen LogP contribution in [-0.4, -0.2) is 35.1 Å². The number of rotatable bonds is 5. The van der Waals surface area contributed by atoms with E-state index in [4.69, 9.17) is 22.0 Å². The number of amides is 2. The number of hydrogen-bond acceptors (Lipinski definition) is 3. The van der Waals surface area contributed by atoms with Gasteiger partial charge in [-0.05, 0) is 18.2 Å². The van der Waals surface area contributed by atoms with Gasteiger partial charge in [0.2, 0.25) is 0 Å². The average Bonchev–Trinajstić information content (AvgIpc) is 2.40. The molecule has 104 valence electrons. The van der Waals surface area contributed by atoms with Crippen molar-refractivity contribution in [2.75, 3.05) is 18.4 Å². The van der Waals surface area contributed by atoms with Crippen molar-refractivity contribution in [2.24, 2.45) is 0 Å². The highest BCUT2D eigenvalue weighted by Crippen LogP contribution is 2.23. The van der Waals surface area contributed by atoms with Crippen molar-refractivity contribution in [1.29, 1.82) is 5.26 Å². The highest BCUT2D eigenvalue weighted by atomic mass is 35.5. The summed E-state index contributed by atoms with van der Waals surface area (Å²) in [5, 5.41) is 20.3. The zero-order valence-corrected chi connectivity index (χ0v) is 11.2. The summed E-state index contributed by atoms with van der Waals surface area (Å²) in [6, 6.07) is 5.68. The fraction of sp³-hybridized carbons (Fsp3) is 0.154. The number of benzene rings is 1. The molecule has 7 heteroatoms. The summed E-state index contributed by atoms with van der Waals surface area (Å²) >= 11 is 5.91. The van der Waals surface area contributed by atoms with Crippen LogP contribution in [0.15, 0.2) is 30.9 Å². The number of carboxylic acid groups (broad SMARTS) is 1. The van der Waals surface area contributed by atoms with E-state index in [0.29, 0.717) is 5.56 Å². The zero-order chi connectivity index (χ0) is 15.1. The standard InChI is InChI=1S/C13H12ClN3O3/c1-2-5-17(8-12(18)19)13(20)16-11-6-9(7-15)3-4-10(11)14/h2-4,6H,1,5,8H2,(H,16,20)(H,18,19). The molecule has 0 radical (unpaired) electrons. The van der Waals surface area contributed by atoms with Gasteiger partial charge in [-0.15, -0.1) is 6.58 Å². The quantitative estimate of drug-likeness (QED) is 0.815. The minimum absolute atomic E-state index is 0.0771. The van der Waals surface area contributed by atoms with E-state index in [1.807, 2.05) is 6.07 Å². The predicted octanol–water partition coefficient (Wildman–Crippen LogP) is 2.32. The largest absolute Gasteiger partial charge is 0.480 e. The molecule has 2 N–H and O–H groups in total. The Hall–Kier alpha value is -2.52. The highest BCUT2D eigenvalue weighted by Gasteiger charge is 2.16. The summed E-state index contributed by atoms with van der Waals surface area (Å²) in [5.41, 5.74) is 0.577. The molecule has 0 aromatic heterocycles. The third-order valence-electron chi connectivity index (χ3n) is 2.30. The Labute approximate surface area is 120 Å². The van der Waals surface area contributed by atoms with Crippen LogP contribution in [-0.2, 0) is 4.79 Å². The van der Waals surface area contributed by atoms with Gasteiger partial charge in [-0.3, -0.25) is 4.79 Å². The van der Waals surface area contributed by atoms with Crippen molar-refractivity contribution in [1.82, 2.24) is 4.90 Å². The molecule has 20 heavy (non-hydrogen) atoms. The first kappa shape index (κ1) is 15.5. The van der Waals surface area contributed by atoms with Crippen molar-refractivity contribution in [3.63, 3.8) is 0 Å². The van der Waals surface area contributed by atoms with Crippen LogP contribution in [0.4, 0.5) is 10.5 Å². The smallest absolute Gasteiger partial charge is 0.323 e. The van der Waals surface area contributed by atoms with Gasteiger partial charge in [0.1, 0.15) is 6.54 Å². The van der Waals surface area contributed by atoms with E-state index in [9.17, 15) is 9.59 Å². The molecular weight excluding hydrogens is 282 g/mol. The van der Waals surface area contributed by atoms with Crippen LogP contribution in [0.5, 0.6) is 0 Å². The highest BCUT2D eigenvalue weighted by molar-refractivity contribution is 6.33. The number of carbonyl (C=O) groups excluding carboxylic acids is 1. The van der Waals surface area contributed by atoms with Gasteiger partial charge in [0.25, 0.3) is 0 Å². The molecule has 0 aliphatic heterocycles. The van der Waals surface area contributed by atoms with E-state index in [1.165, 1.54) is 24.3 Å². The van der Waals surface area contributed by atoms with Crippen molar-refractivity contribution >= 4 is 29.3 Å². The molecule has 0 fully saturated rings. The zero-order valence-electron chi connectivity index (χ0n) is 10.5. The molecule has 0 atom stereocenters. The molecule has 0 saturated carbocycles. The van der Waals surface area contributed by atoms with Gasteiger partial charge in [0, 0.05) is 6.54 Å². The van der Waals surface area contributed by atoms with Crippen LogP contribution in [0.25, 0.3) is 0 Å². The van der Waals surface area contributed by atoms with Gasteiger partial charge in [-0.1, -0.05) is 17.7 Å². The number of carboxylic acids is 1. The molecule has 0 unspecified atom stereocenters. The van der Waals surface area contributed by atoms with Gasteiger partial charge in [-0.25, -0.2) is 4.79 Å². The maximum absolute atomic E-state index is 12.0. The molecule has 0 spiro atoms. The number of nitrogens with zero attached hydrogens (tertiary/aromatic N) is 2. The number of aliphatic carboxylic acids is 1. The second-order valence-electron chi connectivity index (χ2n) is 3.80. The Morgan fingerprint density at radius 2 is 2.25 bits per heavy atom. The maximum Gasteiger partial charge on any atom is 0.323 e. The molecule has 1 aromatic carbocycles. The van der Waals surface area contributed by atoms with Crippen molar-refractivity contribution in [3.8, 4) is 6.07 Å². The van der Waals surface area contributed by atoms with E-state index in [1.54, 1.807) is 0 Å². The van der Waals surface area contributed by atoms with Crippen LogP contribution < -0.4 is 5.32 Å². The lowest BCUT2D eigenvalue weighted by molar-refractivity contribution is -0.137. The second kappa shape index (κ2) is 7.16. The summed E-state index contributed by atoms with van der Waals surface area (Å²) in [7, 11) is 0. The van der Waals surface area contributed by atoms with E-state index in [-0.39, 0.29) is 17.3 Å². The van der Waals surface area contributed by atoms with Crippen LogP contribution in [0, 0.1) is 11.3 Å². The summed E-state index contributed by atoms with van der Waals surface area (Å²) in [5.74, 6) is -1.14. The van der Waals surface area contributed by atoms with Crippen molar-refractivity contribution in [3.05, 3.63) is 41.4 Å². The summed E-state index contributed by atoms with van der Waals surface area (Å²) in [6.45, 7) is 3.07. The normalized spacial score (nSPS) is 9.40. The third-order valence-corrected chi connectivity index (χ3v) is 2.63. The maximum atomic E-state index is 12.0. The molecule has 0 saturated heterocycles. The van der Waals surface area contributed by atoms with Gasteiger partial charge >= 0.3 is 12.0 Å². The topological polar surface area (TPSA) is 93.4 Å². The molecule has 1 rings (SSSR count). The minimum atomic E-state index is -1.14. The first-order valence-corrected chi connectivity index (χ1v) is 5.94. The Balaban J connectivity index is 2.90. The fourth-order valence-corrected chi connectivity index (χ4v) is 1.59. The minimum Gasteiger partial charge on any atom is -0.480 e. The molecular formula is C13H12ClN3O3. The third kappa shape index (κ3) is 4.30. The van der Waals surface area contributed by atoms with Gasteiger partial charge in [0.15, 0.2) is 0 Å². The van der Waals surface area contributed by atoms with Crippen LogP contribution in [0.1, 0.15) is 5.56 Å². The second-order valence-corrected chi connectivity index (χ2v) is 4.21. The number of urea groups is 1. The Morgan fingerprint density at radius 3 is 2.80 bits per heavy atom. The van der Waals surface area contributed by atoms with Crippen LogP contribution in [0.2, 0.25) is 5.02 Å². The molecule has 0 bridgehead atoms. The molecule has 0 aliphatic carbocycles. The van der Waals surface area contributed by atoms with Crippen molar-refractivity contribution in [2.45, 2.75) is 0 Å². The lowest BCUT2D eigenvalue weighted by Gasteiger charge is -2.19. The summed E-state index contributed by atoms with van der Waals surface area (Å²) in [4.78, 5) is 23.7. The fourth-order valence-electron chi connectivity index (χ4n) is 1.42. The molecule has 0 aliphatic rings. The first-order valence-electron chi connectivity index (χ1n) is 5.56. The van der Waals surface area contributed by atoms with E-state index in [2.05, 4.69) is 11.9 Å². The monoisotopic (exact) mass is 293 g/mol. The molecule has 6 nitrogen and oxygen atoms in total. The number of nitriles is 1. The van der Waals surface area contributed by atoms with Gasteiger partial charge in [0.05, 0.1) is 22.3 Å². The number of hydrogen-bond donors (Lipinski definition) is 2. The predicted molar refractivity (Wildman–Crippen MR) is 74.6 cm³/mol. The number of halogens is 1. The number of nitrogens with one attached hydrogen (secondary N) is 1. The van der Waals surface area contributed by atoms with Crippen molar-refractivity contribution < 1.29 is 14.7 Å². The molecule has 0 heterocycles.